The molecule has 1 aliphatic heterocycles. The number of rotatable bonds is 0. The molecule has 0 fully saturated rings. The molecular formula is C10H8N2O. The molecule has 0 spiro atoms. The van der Waals surface area contributed by atoms with E-state index in [1.54, 1.807) is 12.5 Å². The number of imidazole rings is 1. The first-order valence-electron chi connectivity index (χ1n) is 4.17. The van der Waals surface area contributed by atoms with Gasteiger partial charge in [-0.25, -0.2) is 4.98 Å². The summed E-state index contributed by atoms with van der Waals surface area (Å²) in [6.07, 6.45) is 2.91. The Morgan fingerprint density at radius 2 is 2.15 bits per heavy atom. The van der Waals surface area contributed by atoms with Crippen LogP contribution in [0.2, 0.25) is 0 Å². The number of fused-ring (bicyclic) bond motifs is 3. The van der Waals surface area contributed by atoms with E-state index in [0.29, 0.717) is 0 Å². The van der Waals surface area contributed by atoms with Crippen LogP contribution in [0.1, 0.15) is 17.4 Å². The third-order valence-electron chi connectivity index (χ3n) is 2.44. The molecule has 0 saturated carbocycles. The molecule has 3 rings (SSSR count). The second-order valence-electron chi connectivity index (χ2n) is 3.15. The van der Waals surface area contributed by atoms with Crippen LogP contribution < -0.4 is 0 Å². The van der Waals surface area contributed by atoms with Crippen molar-refractivity contribution in [2.24, 2.45) is 0 Å². The summed E-state index contributed by atoms with van der Waals surface area (Å²) >= 11 is 0. The highest BCUT2D eigenvalue weighted by molar-refractivity contribution is 5.51. The fraction of sp³-hybridized carbons (Fsp3) is 0.100. The van der Waals surface area contributed by atoms with E-state index in [1.165, 1.54) is 0 Å². The van der Waals surface area contributed by atoms with Crippen molar-refractivity contribution in [3.63, 3.8) is 0 Å². The lowest BCUT2D eigenvalue weighted by Crippen LogP contribution is -1.92. The third kappa shape index (κ3) is 0.742. The fourth-order valence-corrected chi connectivity index (χ4v) is 1.81. The van der Waals surface area contributed by atoms with Gasteiger partial charge in [0.15, 0.2) is 0 Å². The Morgan fingerprint density at radius 3 is 3.08 bits per heavy atom. The Labute approximate surface area is 75.3 Å². The summed E-state index contributed by atoms with van der Waals surface area (Å²) < 4.78 is 1.92. The van der Waals surface area contributed by atoms with E-state index >= 15 is 0 Å². The third-order valence-corrected chi connectivity index (χ3v) is 2.44. The number of hydrogen-bond donors (Lipinski definition) is 1. The second-order valence-corrected chi connectivity index (χ2v) is 3.15. The Balaban J connectivity index is 2.37. The molecule has 1 aliphatic rings. The summed E-state index contributed by atoms with van der Waals surface area (Å²) in [6.45, 7) is 0. The van der Waals surface area contributed by atoms with Crippen LogP contribution in [0, 0.1) is 0 Å². The van der Waals surface area contributed by atoms with Crippen LogP contribution in [-0.4, -0.2) is 14.7 Å². The number of aliphatic hydroxyl groups excluding tert-OH is 1. The van der Waals surface area contributed by atoms with Crippen LogP contribution in [0.4, 0.5) is 0 Å². The SMILES string of the molecule is OC1c2ccccc2-n2cncc21. The Morgan fingerprint density at radius 1 is 1.31 bits per heavy atom. The number of aliphatic hydroxyl groups is 1. The van der Waals surface area contributed by atoms with Crippen molar-refractivity contribution in [2.75, 3.05) is 0 Å². The molecule has 1 aromatic heterocycles. The zero-order valence-corrected chi connectivity index (χ0v) is 6.88. The van der Waals surface area contributed by atoms with Crippen molar-refractivity contribution in [1.29, 1.82) is 0 Å². The Hall–Kier alpha value is -1.61. The van der Waals surface area contributed by atoms with Crippen molar-refractivity contribution in [3.05, 3.63) is 48.0 Å². The van der Waals surface area contributed by atoms with E-state index in [9.17, 15) is 5.11 Å². The lowest BCUT2D eigenvalue weighted by Gasteiger charge is -2.00. The quantitative estimate of drug-likeness (QED) is 0.649. The van der Waals surface area contributed by atoms with E-state index in [1.807, 2.05) is 28.8 Å². The van der Waals surface area contributed by atoms with Crippen LogP contribution in [0.15, 0.2) is 36.8 Å². The standard InChI is InChI=1S/C10H8N2O/c13-10-7-3-1-2-4-8(7)12-6-11-5-9(10)12/h1-6,10,13H. The van der Waals surface area contributed by atoms with Gasteiger partial charge in [0, 0.05) is 5.56 Å². The normalized spacial score (nSPS) is 18.4. The molecule has 0 amide bonds. The first kappa shape index (κ1) is 6.86. The monoisotopic (exact) mass is 172 g/mol. The summed E-state index contributed by atoms with van der Waals surface area (Å²) in [7, 11) is 0. The van der Waals surface area contributed by atoms with Gasteiger partial charge in [-0.3, -0.25) is 4.57 Å². The minimum Gasteiger partial charge on any atom is -0.382 e. The van der Waals surface area contributed by atoms with E-state index in [0.717, 1.165) is 16.9 Å². The molecule has 2 aromatic rings. The lowest BCUT2D eigenvalue weighted by atomic mass is 10.1. The molecule has 0 bridgehead atoms. The summed E-state index contributed by atoms with van der Waals surface area (Å²) in [5.74, 6) is 0. The van der Waals surface area contributed by atoms with Crippen molar-refractivity contribution in [1.82, 2.24) is 9.55 Å². The summed E-state index contributed by atoms with van der Waals surface area (Å²) in [5, 5.41) is 9.86. The predicted molar refractivity (Wildman–Crippen MR) is 47.6 cm³/mol. The summed E-state index contributed by atoms with van der Waals surface area (Å²) in [5.41, 5.74) is 2.84. The molecule has 64 valence electrons. The van der Waals surface area contributed by atoms with Crippen molar-refractivity contribution < 1.29 is 5.11 Å². The van der Waals surface area contributed by atoms with Gasteiger partial charge in [-0.1, -0.05) is 18.2 Å². The molecule has 1 N–H and O–H groups in total. The van der Waals surface area contributed by atoms with E-state index in [2.05, 4.69) is 4.98 Å². The molecule has 3 nitrogen and oxygen atoms in total. The molecule has 13 heavy (non-hydrogen) atoms. The maximum atomic E-state index is 9.86. The lowest BCUT2D eigenvalue weighted by molar-refractivity contribution is 0.221. The van der Waals surface area contributed by atoms with E-state index < -0.39 is 6.10 Å². The number of para-hydroxylation sites is 1. The Kier molecular flexibility index (Phi) is 1.16. The Bertz CT molecular complexity index is 461. The number of benzene rings is 1. The minimum atomic E-state index is -0.515. The maximum absolute atomic E-state index is 9.86. The first-order chi connectivity index (χ1) is 6.38. The molecular weight excluding hydrogens is 164 g/mol. The summed E-state index contributed by atoms with van der Waals surface area (Å²) in [4.78, 5) is 4.00. The smallest absolute Gasteiger partial charge is 0.123 e. The number of aromatic nitrogens is 2. The van der Waals surface area contributed by atoms with Gasteiger partial charge < -0.3 is 5.11 Å². The minimum absolute atomic E-state index is 0.515. The zero-order valence-electron chi connectivity index (χ0n) is 6.88. The topological polar surface area (TPSA) is 38.0 Å². The van der Waals surface area contributed by atoms with Gasteiger partial charge in [-0.2, -0.15) is 0 Å². The summed E-state index contributed by atoms with van der Waals surface area (Å²) in [6, 6.07) is 7.81. The molecule has 0 radical (unpaired) electrons. The van der Waals surface area contributed by atoms with Gasteiger partial charge in [0.25, 0.3) is 0 Å². The van der Waals surface area contributed by atoms with Crippen LogP contribution in [0.3, 0.4) is 0 Å². The van der Waals surface area contributed by atoms with Gasteiger partial charge in [0.2, 0.25) is 0 Å². The second kappa shape index (κ2) is 2.20. The molecule has 3 heteroatoms. The van der Waals surface area contributed by atoms with E-state index in [-0.39, 0.29) is 0 Å². The highest BCUT2D eigenvalue weighted by atomic mass is 16.3. The van der Waals surface area contributed by atoms with Gasteiger partial charge in [0.05, 0.1) is 23.9 Å². The zero-order chi connectivity index (χ0) is 8.84. The van der Waals surface area contributed by atoms with Gasteiger partial charge in [0.1, 0.15) is 6.10 Å². The van der Waals surface area contributed by atoms with Crippen LogP contribution >= 0.6 is 0 Å². The molecule has 1 aromatic carbocycles. The maximum Gasteiger partial charge on any atom is 0.123 e. The van der Waals surface area contributed by atoms with E-state index in [4.69, 9.17) is 0 Å². The van der Waals surface area contributed by atoms with Crippen molar-refractivity contribution >= 4 is 0 Å². The highest BCUT2D eigenvalue weighted by Gasteiger charge is 2.26. The molecule has 0 aliphatic carbocycles. The highest BCUT2D eigenvalue weighted by Crippen LogP contribution is 2.34. The first-order valence-corrected chi connectivity index (χ1v) is 4.17. The van der Waals surface area contributed by atoms with Crippen LogP contribution in [0.25, 0.3) is 5.69 Å². The number of nitrogens with zero attached hydrogens (tertiary/aromatic N) is 2. The van der Waals surface area contributed by atoms with Gasteiger partial charge >= 0.3 is 0 Å². The van der Waals surface area contributed by atoms with Crippen LogP contribution in [-0.2, 0) is 0 Å². The fourth-order valence-electron chi connectivity index (χ4n) is 1.81. The van der Waals surface area contributed by atoms with Crippen molar-refractivity contribution in [3.8, 4) is 5.69 Å². The molecule has 1 unspecified atom stereocenters. The average Bonchev–Trinajstić information content (AvgIpc) is 2.72. The number of hydrogen-bond acceptors (Lipinski definition) is 2. The molecule has 2 heterocycles. The molecule has 1 atom stereocenters. The predicted octanol–water partition coefficient (Wildman–Crippen LogP) is 1.27. The van der Waals surface area contributed by atoms with Crippen molar-refractivity contribution in [2.45, 2.75) is 6.10 Å². The van der Waals surface area contributed by atoms with Gasteiger partial charge in [-0.15, -0.1) is 0 Å². The van der Waals surface area contributed by atoms with Crippen LogP contribution in [0.5, 0.6) is 0 Å². The average molecular weight is 172 g/mol. The molecule has 0 saturated heterocycles. The van der Waals surface area contributed by atoms with Gasteiger partial charge in [-0.05, 0) is 6.07 Å². The largest absolute Gasteiger partial charge is 0.382 e.